The number of hydrogen-bond donors (Lipinski definition) is 1. The van der Waals surface area contributed by atoms with E-state index in [0.717, 1.165) is 32.4 Å². The predicted octanol–water partition coefficient (Wildman–Crippen LogP) is 3.24. The van der Waals surface area contributed by atoms with Crippen LogP contribution in [-0.4, -0.2) is 46.8 Å². The van der Waals surface area contributed by atoms with Crippen molar-refractivity contribution in [3.8, 4) is 0 Å². The zero-order valence-corrected chi connectivity index (χ0v) is 16.6. The van der Waals surface area contributed by atoms with Crippen molar-refractivity contribution in [2.24, 2.45) is 0 Å². The lowest BCUT2D eigenvalue weighted by Crippen LogP contribution is -2.37. The molecule has 5 nitrogen and oxygen atoms in total. The number of nitrogens with one attached hydrogen (secondary N) is 1. The summed E-state index contributed by atoms with van der Waals surface area (Å²) < 4.78 is 1.94. The number of amides is 1. The Morgan fingerprint density at radius 1 is 1.35 bits per heavy atom. The van der Waals surface area contributed by atoms with Crippen molar-refractivity contribution in [2.45, 2.75) is 45.2 Å². The Hall–Kier alpha value is -1.85. The third kappa shape index (κ3) is 4.86. The number of aryl methyl sites for hydroxylation is 1. The minimum Gasteiger partial charge on any atom is -0.337 e. The molecule has 1 aromatic heterocycles. The first-order valence-electron chi connectivity index (χ1n) is 9.13. The quantitative estimate of drug-likeness (QED) is 0.871. The summed E-state index contributed by atoms with van der Waals surface area (Å²) in [6.07, 6.45) is 5.04. The topological polar surface area (TPSA) is 50.2 Å². The molecule has 0 bridgehead atoms. The smallest absolute Gasteiger partial charge is 0.274 e. The molecule has 1 aromatic carbocycles. The van der Waals surface area contributed by atoms with E-state index in [9.17, 15) is 4.79 Å². The van der Waals surface area contributed by atoms with E-state index < -0.39 is 0 Å². The monoisotopic (exact) mass is 376 g/mol. The van der Waals surface area contributed by atoms with Crippen molar-refractivity contribution in [3.05, 3.63) is 53.3 Å². The lowest BCUT2D eigenvalue weighted by atomic mass is 10.0. The summed E-state index contributed by atoms with van der Waals surface area (Å²) in [5.41, 5.74) is 3.03. The average molecular weight is 377 g/mol. The molecule has 0 saturated carbocycles. The number of halogens is 1. The maximum Gasteiger partial charge on any atom is 0.274 e. The van der Waals surface area contributed by atoms with E-state index in [1.807, 2.05) is 24.0 Å². The first kappa shape index (κ1) is 20.5. The number of aromatic nitrogens is 2. The second-order valence-corrected chi connectivity index (χ2v) is 7.14. The van der Waals surface area contributed by atoms with Gasteiger partial charge in [0, 0.05) is 25.8 Å². The second-order valence-electron chi connectivity index (χ2n) is 7.14. The van der Waals surface area contributed by atoms with E-state index in [4.69, 9.17) is 0 Å². The SMILES string of the molecule is Cc1ccc(CC(C)N(C)C(=O)c2ccn(C3CCCNC3)n2)cc1.Cl. The highest BCUT2D eigenvalue weighted by Gasteiger charge is 2.22. The zero-order chi connectivity index (χ0) is 17.8. The van der Waals surface area contributed by atoms with Gasteiger partial charge in [0.25, 0.3) is 5.91 Å². The summed E-state index contributed by atoms with van der Waals surface area (Å²) in [5.74, 6) is -0.0119. The Morgan fingerprint density at radius 3 is 2.73 bits per heavy atom. The molecule has 142 valence electrons. The highest BCUT2D eigenvalue weighted by molar-refractivity contribution is 5.92. The fourth-order valence-electron chi connectivity index (χ4n) is 3.30. The van der Waals surface area contributed by atoms with Gasteiger partial charge < -0.3 is 10.2 Å². The van der Waals surface area contributed by atoms with Crippen molar-refractivity contribution in [2.75, 3.05) is 20.1 Å². The number of carbonyl (C=O) groups excluding carboxylic acids is 1. The van der Waals surface area contributed by atoms with E-state index in [0.29, 0.717) is 11.7 Å². The molecular weight excluding hydrogens is 348 g/mol. The minimum atomic E-state index is -0.0119. The molecule has 0 aliphatic carbocycles. The summed E-state index contributed by atoms with van der Waals surface area (Å²) in [6.45, 7) is 6.17. The number of carbonyl (C=O) groups is 1. The predicted molar refractivity (Wildman–Crippen MR) is 107 cm³/mol. The van der Waals surface area contributed by atoms with Gasteiger partial charge in [0.15, 0.2) is 0 Å². The van der Waals surface area contributed by atoms with Gasteiger partial charge in [0.1, 0.15) is 5.69 Å². The number of piperidine rings is 1. The molecule has 1 N–H and O–H groups in total. The largest absolute Gasteiger partial charge is 0.337 e. The molecule has 2 heterocycles. The maximum absolute atomic E-state index is 12.8. The second kappa shape index (κ2) is 9.19. The van der Waals surface area contributed by atoms with Crippen LogP contribution < -0.4 is 5.32 Å². The molecule has 2 atom stereocenters. The zero-order valence-electron chi connectivity index (χ0n) is 15.8. The Labute approximate surface area is 162 Å². The Bertz CT molecular complexity index is 707. The van der Waals surface area contributed by atoms with Gasteiger partial charge in [-0.05, 0) is 51.3 Å². The van der Waals surface area contributed by atoms with Crippen LogP contribution in [0.4, 0.5) is 0 Å². The molecular formula is C20H29ClN4O. The Morgan fingerprint density at radius 2 is 2.08 bits per heavy atom. The van der Waals surface area contributed by atoms with Crippen LogP contribution in [0, 0.1) is 6.92 Å². The van der Waals surface area contributed by atoms with Crippen LogP contribution in [0.3, 0.4) is 0 Å². The first-order chi connectivity index (χ1) is 12.0. The summed E-state index contributed by atoms with van der Waals surface area (Å²) in [5, 5.41) is 7.93. The summed E-state index contributed by atoms with van der Waals surface area (Å²) >= 11 is 0. The van der Waals surface area contributed by atoms with E-state index >= 15 is 0 Å². The maximum atomic E-state index is 12.8. The molecule has 1 aliphatic heterocycles. The van der Waals surface area contributed by atoms with Crippen molar-refractivity contribution >= 4 is 18.3 Å². The normalized spacial score (nSPS) is 18.0. The molecule has 6 heteroatoms. The van der Waals surface area contributed by atoms with Crippen LogP contribution in [0.2, 0.25) is 0 Å². The van der Waals surface area contributed by atoms with Gasteiger partial charge in [0.2, 0.25) is 0 Å². The van der Waals surface area contributed by atoms with E-state index in [1.54, 1.807) is 4.90 Å². The first-order valence-corrected chi connectivity index (χ1v) is 9.13. The molecule has 3 rings (SSSR count). The van der Waals surface area contributed by atoms with Crippen molar-refractivity contribution < 1.29 is 4.79 Å². The number of benzene rings is 1. The van der Waals surface area contributed by atoms with Crippen LogP contribution >= 0.6 is 12.4 Å². The highest BCUT2D eigenvalue weighted by atomic mass is 35.5. The van der Waals surface area contributed by atoms with Gasteiger partial charge in [-0.2, -0.15) is 5.10 Å². The molecule has 1 fully saturated rings. The molecule has 1 amide bonds. The van der Waals surface area contributed by atoms with Gasteiger partial charge in [-0.1, -0.05) is 29.8 Å². The average Bonchev–Trinajstić information content (AvgIpc) is 3.13. The molecule has 1 aliphatic rings. The third-order valence-electron chi connectivity index (χ3n) is 5.11. The summed E-state index contributed by atoms with van der Waals surface area (Å²) in [4.78, 5) is 14.6. The van der Waals surface area contributed by atoms with Gasteiger partial charge in [0.05, 0.1) is 6.04 Å². The van der Waals surface area contributed by atoms with E-state index in [1.165, 1.54) is 11.1 Å². The van der Waals surface area contributed by atoms with Crippen LogP contribution in [0.1, 0.15) is 47.4 Å². The lowest BCUT2D eigenvalue weighted by Gasteiger charge is -2.25. The third-order valence-corrected chi connectivity index (χ3v) is 5.11. The van der Waals surface area contributed by atoms with Gasteiger partial charge in [-0.25, -0.2) is 0 Å². The molecule has 2 unspecified atom stereocenters. The lowest BCUT2D eigenvalue weighted by molar-refractivity contribution is 0.0736. The molecule has 1 saturated heterocycles. The summed E-state index contributed by atoms with van der Waals surface area (Å²) in [6, 6.07) is 10.8. The fourth-order valence-corrected chi connectivity index (χ4v) is 3.30. The molecule has 0 spiro atoms. The number of nitrogens with zero attached hydrogens (tertiary/aromatic N) is 3. The van der Waals surface area contributed by atoms with Crippen molar-refractivity contribution in [1.82, 2.24) is 20.0 Å². The van der Waals surface area contributed by atoms with Crippen LogP contribution in [-0.2, 0) is 6.42 Å². The van der Waals surface area contributed by atoms with Crippen LogP contribution in [0.25, 0.3) is 0 Å². The molecule has 26 heavy (non-hydrogen) atoms. The minimum absolute atomic E-state index is 0. The summed E-state index contributed by atoms with van der Waals surface area (Å²) in [7, 11) is 1.86. The number of likely N-dealkylation sites (N-methyl/N-ethyl adjacent to an activating group) is 1. The van der Waals surface area contributed by atoms with E-state index in [2.05, 4.69) is 48.5 Å². The Kier molecular flexibility index (Phi) is 7.23. The highest BCUT2D eigenvalue weighted by Crippen LogP contribution is 2.17. The standard InChI is InChI=1S/C20H28N4O.ClH/c1-15-6-8-17(9-7-15)13-16(2)23(3)20(25)19-10-12-24(22-19)18-5-4-11-21-14-18;/h6-10,12,16,18,21H,4-5,11,13-14H2,1-3H3;1H. The van der Waals surface area contributed by atoms with Crippen molar-refractivity contribution in [3.63, 3.8) is 0 Å². The van der Waals surface area contributed by atoms with Crippen LogP contribution in [0.15, 0.2) is 36.5 Å². The Balaban J connectivity index is 0.00000243. The van der Waals surface area contributed by atoms with E-state index in [-0.39, 0.29) is 24.4 Å². The number of hydrogen-bond acceptors (Lipinski definition) is 3. The molecule has 0 radical (unpaired) electrons. The van der Waals surface area contributed by atoms with Gasteiger partial charge >= 0.3 is 0 Å². The van der Waals surface area contributed by atoms with Crippen LogP contribution in [0.5, 0.6) is 0 Å². The fraction of sp³-hybridized carbons (Fsp3) is 0.500. The van der Waals surface area contributed by atoms with Gasteiger partial charge in [-0.3, -0.25) is 9.48 Å². The molecule has 2 aromatic rings. The van der Waals surface area contributed by atoms with Gasteiger partial charge in [-0.15, -0.1) is 12.4 Å². The number of rotatable bonds is 5. The van der Waals surface area contributed by atoms with Crippen molar-refractivity contribution in [1.29, 1.82) is 0 Å².